The third kappa shape index (κ3) is 5.68. The minimum atomic E-state index is 0.157. The van der Waals surface area contributed by atoms with Crippen molar-refractivity contribution in [1.29, 1.82) is 0 Å². The zero-order valence-corrected chi connectivity index (χ0v) is 17.8. The molecule has 1 aromatic carbocycles. The van der Waals surface area contributed by atoms with Gasteiger partial charge in [0.1, 0.15) is 5.75 Å². The third-order valence-corrected chi connectivity index (χ3v) is 5.96. The zero-order valence-electron chi connectivity index (χ0n) is 16.9. The highest BCUT2D eigenvalue weighted by Gasteiger charge is 2.22. The average Bonchev–Trinajstić information content (AvgIpc) is 3.01. The van der Waals surface area contributed by atoms with Crippen molar-refractivity contribution >= 4 is 17.3 Å². The van der Waals surface area contributed by atoms with E-state index >= 15 is 0 Å². The molecule has 28 heavy (non-hydrogen) atoms. The standard InChI is InChI=1S/C23H31N3OS/c1-18(20-9-11-22(27-2)12-10-20)26(17-19-13-15-24-16-14-19)23(28)25-21-7-5-3-4-6-8-21/h9-16,18,21H,3-8,17H2,1-2H3,(H,25,28). The summed E-state index contributed by atoms with van der Waals surface area (Å²) in [5.41, 5.74) is 2.43. The summed E-state index contributed by atoms with van der Waals surface area (Å²) in [7, 11) is 1.69. The van der Waals surface area contributed by atoms with Gasteiger partial charge in [0, 0.05) is 25.0 Å². The Labute approximate surface area is 174 Å². The molecule has 0 aliphatic heterocycles. The summed E-state index contributed by atoms with van der Waals surface area (Å²) < 4.78 is 5.31. The molecular formula is C23H31N3OS. The molecule has 1 aromatic heterocycles. The van der Waals surface area contributed by atoms with Crippen LogP contribution in [0, 0.1) is 0 Å². The lowest BCUT2D eigenvalue weighted by atomic mass is 10.1. The van der Waals surface area contributed by atoms with Gasteiger partial charge in [-0.3, -0.25) is 4.98 Å². The highest BCUT2D eigenvalue weighted by Crippen LogP contribution is 2.25. The summed E-state index contributed by atoms with van der Waals surface area (Å²) in [6.45, 7) is 2.97. The van der Waals surface area contributed by atoms with E-state index in [9.17, 15) is 0 Å². The Morgan fingerprint density at radius 2 is 1.75 bits per heavy atom. The quantitative estimate of drug-likeness (QED) is 0.532. The van der Waals surface area contributed by atoms with Crippen LogP contribution in [0.25, 0.3) is 0 Å². The van der Waals surface area contributed by atoms with E-state index in [0.717, 1.165) is 17.4 Å². The topological polar surface area (TPSA) is 37.4 Å². The maximum atomic E-state index is 5.90. The number of aromatic nitrogens is 1. The number of benzene rings is 1. The SMILES string of the molecule is COc1ccc(C(C)N(Cc2ccncc2)C(=S)NC2CCCCCC2)cc1. The van der Waals surface area contributed by atoms with Crippen LogP contribution in [0.1, 0.15) is 62.6 Å². The predicted octanol–water partition coefficient (Wildman–Crippen LogP) is 5.25. The van der Waals surface area contributed by atoms with Gasteiger partial charge in [0.25, 0.3) is 0 Å². The summed E-state index contributed by atoms with van der Waals surface area (Å²) in [6.07, 6.45) is 11.4. The molecule has 0 amide bonds. The lowest BCUT2D eigenvalue weighted by Gasteiger charge is -2.34. The minimum Gasteiger partial charge on any atom is -0.497 e. The van der Waals surface area contributed by atoms with Gasteiger partial charge >= 0.3 is 0 Å². The minimum absolute atomic E-state index is 0.157. The smallest absolute Gasteiger partial charge is 0.169 e. The largest absolute Gasteiger partial charge is 0.497 e. The van der Waals surface area contributed by atoms with Gasteiger partial charge < -0.3 is 15.0 Å². The van der Waals surface area contributed by atoms with Crippen LogP contribution in [0.4, 0.5) is 0 Å². The van der Waals surface area contributed by atoms with Crippen LogP contribution in [-0.2, 0) is 6.54 Å². The highest BCUT2D eigenvalue weighted by molar-refractivity contribution is 7.80. The van der Waals surface area contributed by atoms with E-state index in [0.29, 0.717) is 6.04 Å². The zero-order chi connectivity index (χ0) is 19.8. The lowest BCUT2D eigenvalue weighted by Crippen LogP contribution is -2.45. The molecule has 2 aromatic rings. The van der Waals surface area contributed by atoms with E-state index in [1.165, 1.54) is 49.7 Å². The van der Waals surface area contributed by atoms with E-state index in [4.69, 9.17) is 17.0 Å². The molecule has 0 spiro atoms. The Morgan fingerprint density at radius 1 is 1.11 bits per heavy atom. The summed E-state index contributed by atoms with van der Waals surface area (Å²) in [6, 6.07) is 13.0. The fourth-order valence-electron chi connectivity index (χ4n) is 3.81. The number of methoxy groups -OCH3 is 1. The first-order chi connectivity index (χ1) is 13.7. The normalized spacial score (nSPS) is 16.1. The van der Waals surface area contributed by atoms with Gasteiger partial charge in [-0.2, -0.15) is 0 Å². The van der Waals surface area contributed by atoms with Crippen molar-refractivity contribution < 1.29 is 4.74 Å². The third-order valence-electron chi connectivity index (χ3n) is 5.61. The van der Waals surface area contributed by atoms with E-state index < -0.39 is 0 Å². The second-order valence-corrected chi connectivity index (χ2v) is 7.96. The summed E-state index contributed by atoms with van der Waals surface area (Å²) in [4.78, 5) is 6.43. The lowest BCUT2D eigenvalue weighted by molar-refractivity contribution is 0.317. The predicted molar refractivity (Wildman–Crippen MR) is 118 cm³/mol. The van der Waals surface area contributed by atoms with Gasteiger partial charge in [0.2, 0.25) is 0 Å². The number of pyridine rings is 1. The van der Waals surface area contributed by atoms with Gasteiger partial charge in [-0.05, 0) is 67.4 Å². The number of nitrogens with one attached hydrogen (secondary N) is 1. The van der Waals surface area contributed by atoms with Gasteiger partial charge in [0.15, 0.2) is 5.11 Å². The van der Waals surface area contributed by atoms with Crippen LogP contribution in [-0.4, -0.2) is 28.1 Å². The highest BCUT2D eigenvalue weighted by atomic mass is 32.1. The first-order valence-electron chi connectivity index (χ1n) is 10.3. The van der Waals surface area contributed by atoms with E-state index in [1.807, 2.05) is 24.5 Å². The van der Waals surface area contributed by atoms with Crippen molar-refractivity contribution in [2.24, 2.45) is 0 Å². The Morgan fingerprint density at radius 3 is 2.36 bits per heavy atom. The van der Waals surface area contributed by atoms with Crippen molar-refractivity contribution in [3.05, 3.63) is 59.9 Å². The fraction of sp³-hybridized carbons (Fsp3) is 0.478. The van der Waals surface area contributed by atoms with E-state index in [2.05, 4.69) is 46.4 Å². The number of hydrogen-bond acceptors (Lipinski definition) is 3. The van der Waals surface area contributed by atoms with Crippen LogP contribution in [0.5, 0.6) is 5.75 Å². The van der Waals surface area contributed by atoms with Crippen molar-refractivity contribution in [3.8, 4) is 5.75 Å². The summed E-state index contributed by atoms with van der Waals surface area (Å²) in [5.74, 6) is 0.871. The van der Waals surface area contributed by atoms with Crippen LogP contribution >= 0.6 is 12.2 Å². The first-order valence-corrected chi connectivity index (χ1v) is 10.7. The molecule has 0 bridgehead atoms. The van der Waals surface area contributed by atoms with Crippen LogP contribution in [0.2, 0.25) is 0 Å². The number of nitrogens with zero attached hydrogens (tertiary/aromatic N) is 2. The molecule has 1 saturated carbocycles. The molecule has 1 unspecified atom stereocenters. The maximum absolute atomic E-state index is 5.90. The Hall–Kier alpha value is -2.14. The van der Waals surface area contributed by atoms with E-state index in [1.54, 1.807) is 7.11 Å². The Kier molecular flexibility index (Phi) is 7.66. The summed E-state index contributed by atoms with van der Waals surface area (Å²) >= 11 is 5.90. The average molecular weight is 398 g/mol. The number of rotatable bonds is 6. The van der Waals surface area contributed by atoms with Gasteiger partial charge in [-0.25, -0.2) is 0 Å². The molecule has 0 radical (unpaired) electrons. The summed E-state index contributed by atoms with van der Waals surface area (Å²) in [5, 5.41) is 4.51. The van der Waals surface area contributed by atoms with Crippen molar-refractivity contribution in [2.45, 2.75) is 64.1 Å². The van der Waals surface area contributed by atoms with Crippen LogP contribution in [0.15, 0.2) is 48.8 Å². The molecule has 0 saturated heterocycles. The van der Waals surface area contributed by atoms with Gasteiger partial charge in [0.05, 0.1) is 13.2 Å². The molecule has 3 rings (SSSR count). The van der Waals surface area contributed by atoms with Crippen LogP contribution in [0.3, 0.4) is 0 Å². The number of ether oxygens (including phenoxy) is 1. The molecular weight excluding hydrogens is 366 g/mol. The number of thiocarbonyl (C=S) groups is 1. The molecule has 1 fully saturated rings. The molecule has 4 nitrogen and oxygen atoms in total. The molecule has 1 atom stereocenters. The molecule has 150 valence electrons. The van der Waals surface area contributed by atoms with Crippen molar-refractivity contribution in [1.82, 2.24) is 15.2 Å². The van der Waals surface area contributed by atoms with Crippen molar-refractivity contribution in [2.75, 3.05) is 7.11 Å². The molecule has 1 heterocycles. The molecule has 1 aliphatic carbocycles. The molecule has 1 N–H and O–H groups in total. The second-order valence-electron chi connectivity index (χ2n) is 7.57. The second kappa shape index (κ2) is 10.4. The maximum Gasteiger partial charge on any atom is 0.169 e. The molecule has 1 aliphatic rings. The van der Waals surface area contributed by atoms with Gasteiger partial charge in [-0.15, -0.1) is 0 Å². The fourth-order valence-corrected chi connectivity index (χ4v) is 4.20. The van der Waals surface area contributed by atoms with Crippen molar-refractivity contribution in [3.63, 3.8) is 0 Å². The molecule has 5 heteroatoms. The Bertz CT molecular complexity index is 727. The Balaban J connectivity index is 1.77. The van der Waals surface area contributed by atoms with Gasteiger partial charge in [-0.1, -0.05) is 37.8 Å². The van der Waals surface area contributed by atoms with E-state index in [-0.39, 0.29) is 6.04 Å². The first kappa shape index (κ1) is 20.6. The van der Waals surface area contributed by atoms with Crippen LogP contribution < -0.4 is 10.1 Å². The number of hydrogen-bond donors (Lipinski definition) is 1. The monoisotopic (exact) mass is 397 g/mol.